The molecule has 1 aromatic heterocycles. The average molecular weight is 467 g/mol. The van der Waals surface area contributed by atoms with Gasteiger partial charge in [-0.2, -0.15) is 0 Å². The van der Waals surface area contributed by atoms with Crippen LogP contribution in [0.3, 0.4) is 0 Å². The molecule has 1 fully saturated rings. The third-order valence-corrected chi connectivity index (χ3v) is 5.74. The van der Waals surface area contributed by atoms with Gasteiger partial charge >= 0.3 is 0 Å². The molecule has 2 heterocycles. The second-order valence-electron chi connectivity index (χ2n) is 7.85. The van der Waals surface area contributed by atoms with Crippen LogP contribution in [0.15, 0.2) is 54.6 Å². The lowest BCUT2D eigenvalue weighted by atomic mass is 10.1. The minimum absolute atomic E-state index is 0.0741. The van der Waals surface area contributed by atoms with Crippen LogP contribution >= 0.6 is 0 Å². The van der Waals surface area contributed by atoms with Gasteiger partial charge in [0.05, 0.1) is 19.9 Å². The number of para-hydroxylation sites is 1. The summed E-state index contributed by atoms with van der Waals surface area (Å²) in [5.41, 5.74) is 1.47. The first-order valence-corrected chi connectivity index (χ1v) is 11.0. The van der Waals surface area contributed by atoms with Crippen molar-refractivity contribution in [1.29, 1.82) is 0 Å². The number of anilines is 1. The molecule has 1 amide bonds. The Kier molecular flexibility index (Phi) is 7.10. The molecule has 9 heteroatoms. The maximum Gasteiger partial charge on any atom is 0.263 e. The fraction of sp³-hybridized carbons (Fsp3) is 0.320. The molecule has 8 nitrogen and oxygen atoms in total. The van der Waals surface area contributed by atoms with Gasteiger partial charge in [-0.15, -0.1) is 10.2 Å². The summed E-state index contributed by atoms with van der Waals surface area (Å²) in [5, 5.41) is 8.77. The summed E-state index contributed by atoms with van der Waals surface area (Å²) in [6.45, 7) is 3.87. The summed E-state index contributed by atoms with van der Waals surface area (Å²) in [6.07, 6.45) is -0.777. The first kappa shape index (κ1) is 23.3. The largest absolute Gasteiger partial charge is 0.497 e. The SMILES string of the molecule is COc1ccc(OC)c(-c2ccc(N3CCN(C(=O)C(C)Oc4ccccc4F)CC3)nn2)c1. The van der Waals surface area contributed by atoms with Gasteiger partial charge in [0.15, 0.2) is 23.5 Å². The lowest BCUT2D eigenvalue weighted by Crippen LogP contribution is -2.52. The maximum absolute atomic E-state index is 13.8. The summed E-state index contributed by atoms with van der Waals surface area (Å²) in [6, 6.07) is 15.4. The van der Waals surface area contributed by atoms with Gasteiger partial charge in [0, 0.05) is 31.7 Å². The normalized spacial score (nSPS) is 14.5. The average Bonchev–Trinajstić information content (AvgIpc) is 2.89. The quantitative estimate of drug-likeness (QED) is 0.528. The molecule has 0 saturated carbocycles. The Bertz CT molecular complexity index is 1130. The summed E-state index contributed by atoms with van der Waals surface area (Å²) < 4.78 is 30.1. The number of hydrogen-bond donors (Lipinski definition) is 0. The van der Waals surface area contributed by atoms with E-state index in [1.807, 2.05) is 30.3 Å². The topological polar surface area (TPSA) is 77.0 Å². The number of nitrogens with zero attached hydrogens (tertiary/aromatic N) is 4. The Morgan fingerprint density at radius 3 is 2.35 bits per heavy atom. The van der Waals surface area contributed by atoms with Crippen molar-refractivity contribution >= 4 is 11.7 Å². The molecule has 0 spiro atoms. The lowest BCUT2D eigenvalue weighted by Gasteiger charge is -2.36. The van der Waals surface area contributed by atoms with Crippen LogP contribution in [0, 0.1) is 5.82 Å². The van der Waals surface area contributed by atoms with Crippen molar-refractivity contribution in [2.75, 3.05) is 45.3 Å². The number of carbonyl (C=O) groups excluding carboxylic acids is 1. The number of ether oxygens (including phenoxy) is 3. The highest BCUT2D eigenvalue weighted by Crippen LogP contribution is 2.32. The summed E-state index contributed by atoms with van der Waals surface area (Å²) >= 11 is 0. The summed E-state index contributed by atoms with van der Waals surface area (Å²) in [7, 11) is 3.22. The summed E-state index contributed by atoms with van der Waals surface area (Å²) in [5.74, 6) is 1.53. The van der Waals surface area contributed by atoms with Crippen LogP contribution < -0.4 is 19.1 Å². The first-order valence-electron chi connectivity index (χ1n) is 11.0. The van der Waals surface area contributed by atoms with Crippen molar-refractivity contribution in [3.05, 3.63) is 60.4 Å². The van der Waals surface area contributed by atoms with Crippen LogP contribution in [0.1, 0.15) is 6.92 Å². The van der Waals surface area contributed by atoms with Gasteiger partial charge < -0.3 is 24.0 Å². The fourth-order valence-corrected chi connectivity index (χ4v) is 3.85. The number of benzene rings is 2. The molecule has 1 unspecified atom stereocenters. The van der Waals surface area contributed by atoms with E-state index in [0.29, 0.717) is 43.4 Å². The van der Waals surface area contributed by atoms with Gasteiger partial charge in [0.2, 0.25) is 0 Å². The highest BCUT2D eigenvalue weighted by molar-refractivity contribution is 5.81. The smallest absolute Gasteiger partial charge is 0.263 e. The Morgan fingerprint density at radius 1 is 0.941 bits per heavy atom. The highest BCUT2D eigenvalue weighted by Gasteiger charge is 2.27. The zero-order valence-electron chi connectivity index (χ0n) is 19.4. The molecule has 2 aromatic carbocycles. The van der Waals surface area contributed by atoms with Gasteiger partial charge in [-0.1, -0.05) is 12.1 Å². The van der Waals surface area contributed by atoms with Crippen LogP contribution in [0.4, 0.5) is 10.2 Å². The number of carbonyl (C=O) groups is 1. The molecule has 178 valence electrons. The number of piperazine rings is 1. The molecular weight excluding hydrogens is 439 g/mol. The third-order valence-electron chi connectivity index (χ3n) is 5.74. The zero-order chi connectivity index (χ0) is 24.1. The van der Waals surface area contributed by atoms with E-state index in [1.165, 1.54) is 12.1 Å². The molecule has 0 aliphatic carbocycles. The van der Waals surface area contributed by atoms with Crippen LogP contribution in [0.2, 0.25) is 0 Å². The van der Waals surface area contributed by atoms with Crippen molar-refractivity contribution in [1.82, 2.24) is 15.1 Å². The van der Waals surface area contributed by atoms with Crippen molar-refractivity contribution < 1.29 is 23.4 Å². The molecule has 1 aliphatic heterocycles. The highest BCUT2D eigenvalue weighted by atomic mass is 19.1. The second-order valence-corrected chi connectivity index (χ2v) is 7.85. The monoisotopic (exact) mass is 466 g/mol. The molecule has 0 radical (unpaired) electrons. The molecule has 3 aromatic rings. The predicted molar refractivity (Wildman–Crippen MR) is 126 cm³/mol. The molecule has 1 aliphatic rings. The molecule has 34 heavy (non-hydrogen) atoms. The van der Waals surface area contributed by atoms with Gasteiger partial charge in [-0.05, 0) is 49.4 Å². The van der Waals surface area contributed by atoms with Crippen molar-refractivity contribution in [3.8, 4) is 28.5 Å². The van der Waals surface area contributed by atoms with E-state index < -0.39 is 11.9 Å². The standard InChI is InChI=1S/C25H27FN4O4/c1-17(34-23-7-5-4-6-20(23)26)25(31)30-14-12-29(13-15-30)24-11-9-21(27-28-24)19-16-18(32-2)8-10-22(19)33-3/h4-11,16-17H,12-15H2,1-3H3. The molecular formula is C25H27FN4O4. The lowest BCUT2D eigenvalue weighted by molar-refractivity contribution is -0.138. The molecule has 0 bridgehead atoms. The van der Waals surface area contributed by atoms with Gasteiger partial charge in [-0.3, -0.25) is 4.79 Å². The van der Waals surface area contributed by atoms with Crippen molar-refractivity contribution in [3.63, 3.8) is 0 Å². The molecule has 4 rings (SSSR count). The second kappa shape index (κ2) is 10.4. The molecule has 1 atom stereocenters. The molecule has 1 saturated heterocycles. The number of halogens is 1. The number of methoxy groups -OCH3 is 2. The third kappa shape index (κ3) is 5.03. The van der Waals surface area contributed by atoms with E-state index in [9.17, 15) is 9.18 Å². The van der Waals surface area contributed by atoms with E-state index in [2.05, 4.69) is 15.1 Å². The maximum atomic E-state index is 13.8. The number of aromatic nitrogens is 2. The fourth-order valence-electron chi connectivity index (χ4n) is 3.85. The van der Waals surface area contributed by atoms with E-state index >= 15 is 0 Å². The van der Waals surface area contributed by atoms with Gasteiger partial charge in [-0.25, -0.2) is 4.39 Å². The number of hydrogen-bond acceptors (Lipinski definition) is 7. The van der Waals surface area contributed by atoms with Crippen LogP contribution in [0.25, 0.3) is 11.3 Å². The zero-order valence-corrected chi connectivity index (χ0v) is 19.4. The van der Waals surface area contributed by atoms with E-state index in [1.54, 1.807) is 38.2 Å². The first-order chi connectivity index (χ1) is 16.5. The van der Waals surface area contributed by atoms with Crippen LogP contribution in [0.5, 0.6) is 17.2 Å². The van der Waals surface area contributed by atoms with Gasteiger partial charge in [0.25, 0.3) is 5.91 Å². The molecule has 0 N–H and O–H groups in total. The van der Waals surface area contributed by atoms with Crippen LogP contribution in [-0.2, 0) is 4.79 Å². The Labute approximate surface area is 197 Å². The number of amides is 1. The minimum Gasteiger partial charge on any atom is -0.497 e. The predicted octanol–water partition coefficient (Wildman–Crippen LogP) is 3.42. The Morgan fingerprint density at radius 2 is 1.71 bits per heavy atom. The Hall–Kier alpha value is -3.88. The van der Waals surface area contributed by atoms with E-state index in [0.717, 1.165) is 11.4 Å². The van der Waals surface area contributed by atoms with Crippen molar-refractivity contribution in [2.45, 2.75) is 13.0 Å². The van der Waals surface area contributed by atoms with E-state index in [-0.39, 0.29) is 11.7 Å². The van der Waals surface area contributed by atoms with E-state index in [4.69, 9.17) is 14.2 Å². The van der Waals surface area contributed by atoms with Gasteiger partial charge in [0.1, 0.15) is 11.5 Å². The number of rotatable bonds is 7. The minimum atomic E-state index is -0.777. The summed E-state index contributed by atoms with van der Waals surface area (Å²) in [4.78, 5) is 16.6. The Balaban J connectivity index is 1.37. The van der Waals surface area contributed by atoms with Crippen LogP contribution in [-0.4, -0.2) is 67.5 Å². The van der Waals surface area contributed by atoms with Crippen molar-refractivity contribution in [2.24, 2.45) is 0 Å².